The van der Waals surface area contributed by atoms with E-state index in [1.165, 1.54) is 14.0 Å². The van der Waals surface area contributed by atoms with Crippen LogP contribution in [0.2, 0.25) is 0 Å². The molecule has 1 atom stereocenters. The van der Waals surface area contributed by atoms with Crippen molar-refractivity contribution in [1.82, 2.24) is 20.1 Å². The number of aryl methyl sites for hydroxylation is 2. The van der Waals surface area contributed by atoms with Crippen LogP contribution in [-0.4, -0.2) is 32.9 Å². The van der Waals surface area contributed by atoms with E-state index in [1.54, 1.807) is 11.3 Å². The van der Waals surface area contributed by atoms with E-state index in [-0.39, 0.29) is 11.9 Å². The molecule has 0 bridgehead atoms. The number of nitrogens with zero attached hydrogens (tertiary/aromatic N) is 4. The van der Waals surface area contributed by atoms with Crippen LogP contribution in [-0.2, 0) is 4.79 Å². The van der Waals surface area contributed by atoms with Crippen LogP contribution in [0.4, 0.5) is 0 Å². The third-order valence-electron chi connectivity index (χ3n) is 5.49. The van der Waals surface area contributed by atoms with E-state index in [9.17, 15) is 4.79 Å². The molecular weight excluding hydrogens is 521 g/mol. The molecule has 4 rings (SSSR count). The molecule has 8 heteroatoms. The molecule has 3 aromatic rings. The summed E-state index contributed by atoms with van der Waals surface area (Å²) >= 11 is 4.05. The highest BCUT2D eigenvalue weighted by Gasteiger charge is 2.32. The van der Waals surface area contributed by atoms with Gasteiger partial charge in [0.15, 0.2) is 5.82 Å². The summed E-state index contributed by atoms with van der Waals surface area (Å²) in [6.07, 6.45) is 0. The summed E-state index contributed by atoms with van der Waals surface area (Å²) in [5.74, 6) is 1.57. The van der Waals surface area contributed by atoms with Crippen LogP contribution in [0.1, 0.15) is 60.0 Å². The number of carbonyl (C=O) groups is 1. The number of amides is 1. The van der Waals surface area contributed by atoms with Crippen LogP contribution in [0.25, 0.3) is 5.00 Å². The molecule has 2 aromatic heterocycles. The maximum Gasteiger partial charge on any atom is 0.225 e. The van der Waals surface area contributed by atoms with Gasteiger partial charge in [0, 0.05) is 31.5 Å². The van der Waals surface area contributed by atoms with E-state index in [0.29, 0.717) is 6.54 Å². The zero-order valence-corrected chi connectivity index (χ0v) is 21.6. The standard InChI is InChI=1S/C23H26IN5OS/c1-12-13(2)31-21-18(12)19(15-7-9-16(24)10-8-15)26-17(11-25-22(30)23(4,5)6)20-28-27-14(3)29(20)21/h7-10,17H,11H2,1-6H3,(H,25,30)/t17-/m1/s1. The summed E-state index contributed by atoms with van der Waals surface area (Å²) in [5.41, 5.74) is 3.87. The van der Waals surface area contributed by atoms with Gasteiger partial charge in [0.25, 0.3) is 0 Å². The number of thiophene rings is 1. The van der Waals surface area contributed by atoms with Gasteiger partial charge in [-0.15, -0.1) is 21.5 Å². The van der Waals surface area contributed by atoms with Crippen LogP contribution in [0.5, 0.6) is 0 Å². The predicted octanol–water partition coefficient (Wildman–Crippen LogP) is 4.91. The second-order valence-electron chi connectivity index (χ2n) is 8.86. The normalized spacial score (nSPS) is 15.7. The molecule has 1 aliphatic rings. The zero-order chi connectivity index (χ0) is 22.5. The van der Waals surface area contributed by atoms with Crippen molar-refractivity contribution >= 4 is 45.5 Å². The predicted molar refractivity (Wildman–Crippen MR) is 133 cm³/mol. The van der Waals surface area contributed by atoms with Gasteiger partial charge in [-0.25, -0.2) is 0 Å². The number of benzene rings is 1. The Hall–Kier alpha value is -2.07. The third-order valence-corrected chi connectivity index (χ3v) is 7.41. The zero-order valence-electron chi connectivity index (χ0n) is 18.6. The number of rotatable bonds is 3. The molecule has 0 fully saturated rings. The van der Waals surface area contributed by atoms with Gasteiger partial charge in [0.2, 0.25) is 5.91 Å². The minimum absolute atomic E-state index is 0.00709. The van der Waals surface area contributed by atoms with E-state index < -0.39 is 5.41 Å². The summed E-state index contributed by atoms with van der Waals surface area (Å²) in [4.78, 5) is 19.0. The van der Waals surface area contributed by atoms with E-state index in [1.807, 2.05) is 27.7 Å². The highest BCUT2D eigenvalue weighted by Crippen LogP contribution is 2.38. The average molecular weight is 547 g/mol. The van der Waals surface area contributed by atoms with Gasteiger partial charge < -0.3 is 5.32 Å². The molecule has 0 spiro atoms. The van der Waals surface area contributed by atoms with Crippen LogP contribution in [0.3, 0.4) is 0 Å². The molecule has 1 N–H and O–H groups in total. The molecule has 1 aromatic carbocycles. The minimum atomic E-state index is -0.469. The molecule has 3 heterocycles. The number of nitrogens with one attached hydrogen (secondary N) is 1. The number of halogens is 1. The van der Waals surface area contributed by atoms with Crippen LogP contribution in [0.15, 0.2) is 29.3 Å². The molecule has 31 heavy (non-hydrogen) atoms. The molecule has 1 amide bonds. The van der Waals surface area contributed by atoms with Gasteiger partial charge >= 0.3 is 0 Å². The fourth-order valence-corrected chi connectivity index (χ4v) is 5.16. The van der Waals surface area contributed by atoms with E-state index in [2.05, 4.69) is 80.8 Å². The number of aromatic nitrogens is 3. The summed E-state index contributed by atoms with van der Waals surface area (Å²) in [5, 5.41) is 13.0. The Morgan fingerprint density at radius 1 is 1.16 bits per heavy atom. The van der Waals surface area contributed by atoms with Gasteiger partial charge in [-0.2, -0.15) is 0 Å². The van der Waals surface area contributed by atoms with Crippen LogP contribution in [0, 0.1) is 29.8 Å². The second-order valence-corrected chi connectivity index (χ2v) is 11.3. The summed E-state index contributed by atoms with van der Waals surface area (Å²) in [6.45, 7) is 12.3. The Labute approximate surface area is 200 Å². The summed E-state index contributed by atoms with van der Waals surface area (Å²) in [7, 11) is 0. The lowest BCUT2D eigenvalue weighted by Gasteiger charge is -2.20. The fraction of sp³-hybridized carbons (Fsp3) is 0.391. The number of aliphatic imine (C=N–C) groups is 1. The quantitative estimate of drug-likeness (QED) is 0.474. The molecule has 0 aliphatic carbocycles. The fourth-order valence-electron chi connectivity index (χ4n) is 3.59. The Morgan fingerprint density at radius 2 is 1.84 bits per heavy atom. The van der Waals surface area contributed by atoms with Crippen LogP contribution < -0.4 is 5.32 Å². The summed E-state index contributed by atoms with van der Waals surface area (Å²) in [6, 6.07) is 8.08. The van der Waals surface area contributed by atoms with Gasteiger partial charge in [0.05, 0.1) is 5.71 Å². The molecule has 162 valence electrons. The Bertz CT molecular complexity index is 1180. The Morgan fingerprint density at radius 3 is 2.48 bits per heavy atom. The average Bonchev–Trinajstić information content (AvgIpc) is 3.17. The van der Waals surface area contributed by atoms with Gasteiger partial charge in [-0.05, 0) is 61.1 Å². The molecule has 0 unspecified atom stereocenters. The smallest absolute Gasteiger partial charge is 0.225 e. The largest absolute Gasteiger partial charge is 0.353 e. The van der Waals surface area contributed by atoms with Crippen molar-refractivity contribution in [2.75, 3.05) is 6.54 Å². The monoisotopic (exact) mass is 547 g/mol. The lowest BCUT2D eigenvalue weighted by molar-refractivity contribution is -0.128. The summed E-state index contributed by atoms with van der Waals surface area (Å²) < 4.78 is 3.29. The second kappa shape index (κ2) is 8.12. The van der Waals surface area contributed by atoms with Crippen LogP contribution >= 0.6 is 33.9 Å². The maximum atomic E-state index is 12.6. The first-order chi connectivity index (χ1) is 14.6. The van der Waals surface area contributed by atoms with Gasteiger partial charge in [-0.3, -0.25) is 14.4 Å². The lowest BCUT2D eigenvalue weighted by Crippen LogP contribution is -2.37. The Balaban J connectivity index is 1.89. The molecule has 6 nitrogen and oxygen atoms in total. The van der Waals surface area contributed by atoms with Crippen molar-refractivity contribution in [2.24, 2.45) is 10.4 Å². The topological polar surface area (TPSA) is 72.2 Å². The number of carbonyl (C=O) groups excluding carboxylic acids is 1. The van der Waals surface area contributed by atoms with Crippen molar-refractivity contribution in [3.63, 3.8) is 0 Å². The first-order valence-corrected chi connectivity index (χ1v) is 12.1. The molecule has 1 aliphatic heterocycles. The molecule has 0 saturated carbocycles. The van der Waals surface area contributed by atoms with Gasteiger partial charge in [-0.1, -0.05) is 32.9 Å². The highest BCUT2D eigenvalue weighted by atomic mass is 127. The molecular formula is C23H26IN5OS. The SMILES string of the molecule is Cc1sc2c(c1C)C(c1ccc(I)cc1)=N[C@H](CNC(=O)C(C)(C)C)c1nnc(C)n1-2. The van der Waals surface area contributed by atoms with Crippen molar-refractivity contribution < 1.29 is 4.79 Å². The van der Waals surface area contributed by atoms with E-state index in [4.69, 9.17) is 4.99 Å². The Kier molecular flexibility index (Phi) is 5.80. The molecule has 0 saturated heterocycles. The van der Waals surface area contributed by atoms with E-state index >= 15 is 0 Å². The maximum absolute atomic E-state index is 12.6. The third kappa shape index (κ3) is 4.07. The van der Waals surface area contributed by atoms with Crippen molar-refractivity contribution in [2.45, 2.75) is 47.6 Å². The number of hydrogen-bond acceptors (Lipinski definition) is 5. The molecule has 0 radical (unpaired) electrons. The van der Waals surface area contributed by atoms with Gasteiger partial charge in [0.1, 0.15) is 16.9 Å². The lowest BCUT2D eigenvalue weighted by atomic mass is 9.95. The van der Waals surface area contributed by atoms with Crippen molar-refractivity contribution in [1.29, 1.82) is 0 Å². The first kappa shape index (κ1) is 22.1. The number of hydrogen-bond donors (Lipinski definition) is 1. The minimum Gasteiger partial charge on any atom is -0.353 e. The van der Waals surface area contributed by atoms with Crippen molar-refractivity contribution in [3.8, 4) is 5.00 Å². The first-order valence-electron chi connectivity index (χ1n) is 10.2. The number of fused-ring (bicyclic) bond motifs is 3. The van der Waals surface area contributed by atoms with Crippen molar-refractivity contribution in [3.05, 3.63) is 61.1 Å². The van der Waals surface area contributed by atoms with E-state index in [0.717, 1.165) is 33.5 Å². The highest BCUT2D eigenvalue weighted by molar-refractivity contribution is 14.1.